The van der Waals surface area contributed by atoms with E-state index in [1.165, 1.54) is 59.8 Å². The Morgan fingerprint density at radius 2 is 1.17 bits per heavy atom. The molecule has 8 aromatic rings. The molecule has 1 radical (unpaired) electrons. The molecule has 58 heavy (non-hydrogen) atoms. The van der Waals surface area contributed by atoms with Crippen molar-refractivity contribution in [3.05, 3.63) is 98.7 Å². The first kappa shape index (κ1) is 47.4. The summed E-state index contributed by atoms with van der Waals surface area (Å²) in [6.07, 6.45) is 24.5. The van der Waals surface area contributed by atoms with Gasteiger partial charge in [-0.15, -0.1) is 15.3 Å². The van der Waals surface area contributed by atoms with E-state index in [1.54, 1.807) is 23.5 Å². The number of aromatic nitrogens is 12. The molecule has 20 heteroatoms. The molecular weight excluding hydrogens is 937 g/mol. The number of rotatable bonds is 9. The zero-order valence-corrected chi connectivity index (χ0v) is 40.4. The van der Waals surface area contributed by atoms with Crippen molar-refractivity contribution < 1.29 is 0 Å². The Morgan fingerprint density at radius 1 is 0.655 bits per heavy atom. The third kappa shape index (κ3) is 13.4. The third-order valence-electron chi connectivity index (χ3n) is 8.49. The second kappa shape index (κ2) is 24.1. The first-order valence-electron chi connectivity index (χ1n) is 18.3. The minimum absolute atomic E-state index is 0.783. The summed E-state index contributed by atoms with van der Waals surface area (Å²) >= 11 is 14.8. The molecule has 0 aliphatic carbocycles. The van der Waals surface area contributed by atoms with Crippen molar-refractivity contribution in [1.82, 2.24) is 58.4 Å². The van der Waals surface area contributed by atoms with Gasteiger partial charge in [0, 0.05) is 22.6 Å². The number of hydrogen-bond acceptors (Lipinski definition) is 13. The topological polar surface area (TPSA) is 133 Å². The molecule has 0 unspecified atom stereocenters. The Bertz CT molecular complexity index is 2540. The second-order valence-electron chi connectivity index (χ2n) is 12.7. The SMILES string of the molecule is CCCCc1cc2cnc(SC)nn2c1.CCCCc1cc2cnc(SC)nn2c1Br.CSc1ncc2cc(Br)cn2n1.Cc1ncc2cc(C)c(C)n2n1.[B]=NS. The summed E-state index contributed by atoms with van der Waals surface area (Å²) < 4.78 is 12.4. The molecule has 13 nitrogen and oxygen atoms in total. The van der Waals surface area contributed by atoms with Crippen LogP contribution < -0.4 is 0 Å². The van der Waals surface area contributed by atoms with Gasteiger partial charge in [0.1, 0.15) is 10.4 Å². The Kier molecular flexibility index (Phi) is 19.7. The van der Waals surface area contributed by atoms with Crippen LogP contribution in [0.5, 0.6) is 0 Å². The summed E-state index contributed by atoms with van der Waals surface area (Å²) in [4.78, 5) is 16.8. The summed E-state index contributed by atoms with van der Waals surface area (Å²) in [5, 5.41) is 19.8. The Balaban J connectivity index is 0.000000168. The van der Waals surface area contributed by atoms with Crippen molar-refractivity contribution in [2.75, 3.05) is 18.8 Å². The third-order valence-corrected chi connectivity index (χ3v) is 11.4. The summed E-state index contributed by atoms with van der Waals surface area (Å²) in [5.41, 5.74) is 9.31. The van der Waals surface area contributed by atoms with Crippen molar-refractivity contribution in [3.63, 3.8) is 0 Å². The van der Waals surface area contributed by atoms with E-state index in [9.17, 15) is 0 Å². The van der Waals surface area contributed by atoms with Crippen molar-refractivity contribution in [1.29, 1.82) is 0 Å². The first-order valence-corrected chi connectivity index (χ1v) is 24.0. The molecular formula is C38H47BBr2N13S4. The number of hydrogen-bond donors (Lipinski definition) is 1. The number of nitrogens with zero attached hydrogens (tertiary/aromatic N) is 13. The van der Waals surface area contributed by atoms with E-state index in [0.29, 0.717) is 0 Å². The zero-order chi connectivity index (χ0) is 42.2. The van der Waals surface area contributed by atoms with Crippen LogP contribution in [0.1, 0.15) is 67.7 Å². The van der Waals surface area contributed by atoms with E-state index in [2.05, 4.69) is 149 Å². The molecule has 0 bridgehead atoms. The van der Waals surface area contributed by atoms with Crippen molar-refractivity contribution in [2.24, 2.45) is 4.30 Å². The summed E-state index contributed by atoms with van der Waals surface area (Å²) in [5.74, 6) is 0.807. The molecule has 0 spiro atoms. The Labute approximate surface area is 375 Å². The molecule has 0 atom stereocenters. The van der Waals surface area contributed by atoms with E-state index in [4.69, 9.17) is 0 Å². The summed E-state index contributed by atoms with van der Waals surface area (Å²) in [6, 6.07) is 8.39. The van der Waals surface area contributed by atoms with Gasteiger partial charge < -0.3 is 0 Å². The molecule has 0 saturated heterocycles. The molecule has 0 aliphatic rings. The molecule has 8 aromatic heterocycles. The van der Waals surface area contributed by atoms with Gasteiger partial charge in [-0.3, -0.25) is 0 Å². The molecule has 0 amide bonds. The summed E-state index contributed by atoms with van der Waals surface area (Å²) in [6.45, 7) is 10.5. The summed E-state index contributed by atoms with van der Waals surface area (Å²) in [7, 11) is 4.34. The molecule has 0 aromatic carbocycles. The van der Waals surface area contributed by atoms with Crippen LogP contribution >= 0.6 is 80.0 Å². The number of halogens is 2. The van der Waals surface area contributed by atoms with Crippen LogP contribution in [0, 0.1) is 20.8 Å². The van der Waals surface area contributed by atoms with Gasteiger partial charge in [0.15, 0.2) is 0 Å². The second-order valence-corrected chi connectivity index (χ2v) is 16.9. The number of thiol groups is 1. The Hall–Kier alpha value is -3.30. The minimum atomic E-state index is 0.783. The fourth-order valence-corrected chi connectivity index (χ4v) is 7.43. The van der Waals surface area contributed by atoms with Crippen LogP contribution in [0.2, 0.25) is 0 Å². The number of aryl methyl sites for hydroxylation is 5. The van der Waals surface area contributed by atoms with Crippen LogP contribution in [0.4, 0.5) is 0 Å². The fourth-order valence-electron chi connectivity index (χ4n) is 5.42. The predicted octanol–water partition coefficient (Wildman–Crippen LogP) is 10.4. The van der Waals surface area contributed by atoms with Crippen LogP contribution in [-0.2, 0) is 12.8 Å². The molecule has 0 N–H and O–H groups in total. The van der Waals surface area contributed by atoms with Crippen LogP contribution in [0.3, 0.4) is 0 Å². The average Bonchev–Trinajstić information content (AvgIpc) is 3.98. The van der Waals surface area contributed by atoms with Gasteiger partial charge in [0.05, 0.1) is 46.9 Å². The van der Waals surface area contributed by atoms with Crippen LogP contribution in [0.15, 0.2) is 90.3 Å². The van der Waals surface area contributed by atoms with E-state index < -0.39 is 0 Å². The van der Waals surface area contributed by atoms with E-state index in [0.717, 1.165) is 65.3 Å². The zero-order valence-electron chi connectivity index (χ0n) is 33.8. The number of thioether (sulfide) groups is 3. The van der Waals surface area contributed by atoms with Crippen molar-refractivity contribution in [3.8, 4) is 0 Å². The molecule has 0 fully saturated rings. The van der Waals surface area contributed by atoms with Crippen molar-refractivity contribution >= 4 is 110 Å². The van der Waals surface area contributed by atoms with Crippen LogP contribution in [0.25, 0.3) is 22.1 Å². The van der Waals surface area contributed by atoms with Gasteiger partial charge in [-0.1, -0.05) is 62.0 Å². The normalized spacial score (nSPS) is 10.7. The number of unbranched alkanes of at least 4 members (excludes halogenated alkanes) is 2. The van der Waals surface area contributed by atoms with E-state index in [-0.39, 0.29) is 0 Å². The average molecular weight is 985 g/mol. The van der Waals surface area contributed by atoms with Crippen LogP contribution in [-0.4, -0.2) is 84.8 Å². The maximum atomic E-state index is 4.44. The van der Waals surface area contributed by atoms with Gasteiger partial charge in [0.2, 0.25) is 15.5 Å². The Morgan fingerprint density at radius 3 is 1.78 bits per heavy atom. The standard InChI is InChI=1S/C11H14BrN3S.C11H15N3S.C9H11N3.C7H6BrN3S.BHNS/c1-3-4-5-8-6-9-7-13-11(16-2)14-15(9)10(8)12;1-3-4-5-9-6-10-7-12-11(15-2)13-14(10)8-9;1-6-4-9-5-10-8(3)11-12(9)7(6)2;1-12-7-9-3-6-2-5(8)4-11(6)10-7;1-2-3/h6-7H,3-5H2,1-2H3;6-8H,3-5H2,1-2H3;4-5H,1-3H3;2-4H,1H3;3H. The van der Waals surface area contributed by atoms with Crippen molar-refractivity contribution in [2.45, 2.75) is 88.6 Å². The van der Waals surface area contributed by atoms with E-state index >= 15 is 0 Å². The maximum absolute atomic E-state index is 4.44. The van der Waals surface area contributed by atoms with Gasteiger partial charge in [-0.25, -0.2) is 38.0 Å². The molecule has 8 rings (SSSR count). The number of fused-ring (bicyclic) bond motifs is 4. The quantitative estimate of drug-likeness (QED) is 0.0842. The van der Waals surface area contributed by atoms with Gasteiger partial charge >= 0.3 is 24.8 Å². The molecule has 8 heterocycles. The van der Waals surface area contributed by atoms with Gasteiger partial charge in [-0.2, -0.15) is 5.10 Å². The molecule has 305 valence electrons. The monoisotopic (exact) mass is 982 g/mol. The molecule has 0 saturated carbocycles. The fraction of sp³-hybridized carbons (Fsp3) is 0.368. The molecule has 0 aliphatic heterocycles. The van der Waals surface area contributed by atoms with Gasteiger partial charge in [-0.05, 0) is 138 Å². The van der Waals surface area contributed by atoms with E-state index in [1.807, 2.05) is 80.8 Å². The van der Waals surface area contributed by atoms with Gasteiger partial charge in [0.25, 0.3) is 0 Å². The predicted molar refractivity (Wildman–Crippen MR) is 251 cm³/mol. The first-order chi connectivity index (χ1) is 28.0.